The van der Waals surface area contributed by atoms with Crippen LogP contribution in [0.5, 0.6) is 0 Å². The third-order valence-corrected chi connectivity index (χ3v) is 5.16. The SMILES string of the molecule is Clc1csc2ncnc(NCCc3ccc4ccccc4c3)c12. The lowest BCUT2D eigenvalue weighted by Gasteiger charge is -2.08. The summed E-state index contributed by atoms with van der Waals surface area (Å²) in [6.45, 7) is 0.802. The van der Waals surface area contributed by atoms with Crippen molar-refractivity contribution >= 4 is 49.7 Å². The molecule has 0 bridgehead atoms. The van der Waals surface area contributed by atoms with Gasteiger partial charge in [-0.25, -0.2) is 9.97 Å². The molecular weight excluding hydrogens is 326 g/mol. The maximum Gasteiger partial charge on any atom is 0.139 e. The van der Waals surface area contributed by atoms with Crippen LogP contribution in [0.2, 0.25) is 5.02 Å². The van der Waals surface area contributed by atoms with Crippen molar-refractivity contribution in [1.29, 1.82) is 0 Å². The molecule has 2 aromatic heterocycles. The van der Waals surface area contributed by atoms with E-state index in [9.17, 15) is 0 Å². The number of rotatable bonds is 4. The first-order chi connectivity index (χ1) is 11.3. The lowest BCUT2D eigenvalue weighted by molar-refractivity contribution is 1.01. The molecule has 0 spiro atoms. The fourth-order valence-electron chi connectivity index (χ4n) is 2.69. The van der Waals surface area contributed by atoms with E-state index >= 15 is 0 Å². The van der Waals surface area contributed by atoms with Crippen molar-refractivity contribution in [3.8, 4) is 0 Å². The second-order valence-electron chi connectivity index (χ2n) is 5.34. The Morgan fingerprint density at radius 1 is 1.04 bits per heavy atom. The lowest BCUT2D eigenvalue weighted by Crippen LogP contribution is -2.06. The van der Waals surface area contributed by atoms with Gasteiger partial charge in [-0.2, -0.15) is 0 Å². The summed E-state index contributed by atoms with van der Waals surface area (Å²) in [7, 11) is 0. The molecule has 0 aliphatic carbocycles. The Bertz CT molecular complexity index is 980. The Kier molecular flexibility index (Phi) is 3.85. The Balaban J connectivity index is 1.51. The van der Waals surface area contributed by atoms with Crippen LogP contribution in [0.3, 0.4) is 0 Å². The molecule has 0 radical (unpaired) electrons. The zero-order valence-corrected chi connectivity index (χ0v) is 13.9. The summed E-state index contributed by atoms with van der Waals surface area (Å²) in [6.07, 6.45) is 2.51. The third-order valence-electron chi connectivity index (χ3n) is 3.85. The van der Waals surface area contributed by atoms with E-state index < -0.39 is 0 Å². The van der Waals surface area contributed by atoms with Gasteiger partial charge in [0, 0.05) is 11.9 Å². The van der Waals surface area contributed by atoms with Crippen molar-refractivity contribution in [2.45, 2.75) is 6.42 Å². The molecule has 1 N–H and O–H groups in total. The molecule has 0 fully saturated rings. The van der Waals surface area contributed by atoms with E-state index in [1.807, 2.05) is 5.38 Å². The molecule has 5 heteroatoms. The highest BCUT2D eigenvalue weighted by Crippen LogP contribution is 2.32. The second kappa shape index (κ2) is 6.14. The van der Waals surface area contributed by atoms with Crippen molar-refractivity contribution in [2.75, 3.05) is 11.9 Å². The van der Waals surface area contributed by atoms with Crippen molar-refractivity contribution in [3.63, 3.8) is 0 Å². The minimum atomic E-state index is 0.707. The quantitative estimate of drug-likeness (QED) is 0.558. The summed E-state index contributed by atoms with van der Waals surface area (Å²) in [4.78, 5) is 9.48. The predicted molar refractivity (Wildman–Crippen MR) is 98.6 cm³/mol. The van der Waals surface area contributed by atoms with Crippen molar-refractivity contribution in [1.82, 2.24) is 9.97 Å². The number of aromatic nitrogens is 2. The van der Waals surface area contributed by atoms with Gasteiger partial charge < -0.3 is 5.32 Å². The van der Waals surface area contributed by atoms with Gasteiger partial charge >= 0.3 is 0 Å². The molecule has 114 valence electrons. The van der Waals surface area contributed by atoms with E-state index in [0.717, 1.165) is 29.0 Å². The molecule has 0 aliphatic rings. The number of benzene rings is 2. The van der Waals surface area contributed by atoms with Crippen LogP contribution in [0, 0.1) is 0 Å². The van der Waals surface area contributed by atoms with Gasteiger partial charge in [-0.1, -0.05) is 54.1 Å². The van der Waals surface area contributed by atoms with E-state index in [2.05, 4.69) is 57.7 Å². The minimum absolute atomic E-state index is 0.707. The first-order valence-electron chi connectivity index (χ1n) is 7.40. The zero-order valence-electron chi connectivity index (χ0n) is 12.3. The van der Waals surface area contributed by atoms with Crippen LogP contribution in [-0.4, -0.2) is 16.5 Å². The first kappa shape index (κ1) is 14.4. The Labute approximate surface area is 143 Å². The van der Waals surface area contributed by atoms with E-state index in [4.69, 9.17) is 11.6 Å². The van der Waals surface area contributed by atoms with E-state index in [1.54, 1.807) is 6.33 Å². The fraction of sp³-hybridized carbons (Fsp3) is 0.111. The smallest absolute Gasteiger partial charge is 0.139 e. The van der Waals surface area contributed by atoms with Crippen LogP contribution in [0.15, 0.2) is 54.2 Å². The van der Waals surface area contributed by atoms with Crippen LogP contribution < -0.4 is 5.32 Å². The number of hydrogen-bond donors (Lipinski definition) is 1. The number of thiophene rings is 1. The maximum atomic E-state index is 6.23. The summed E-state index contributed by atoms with van der Waals surface area (Å²) in [5.41, 5.74) is 1.30. The van der Waals surface area contributed by atoms with Gasteiger partial charge in [-0.15, -0.1) is 11.3 Å². The molecule has 23 heavy (non-hydrogen) atoms. The van der Waals surface area contributed by atoms with Crippen molar-refractivity contribution in [3.05, 3.63) is 64.8 Å². The molecular formula is C18H14ClN3S. The molecule has 0 atom stereocenters. The Morgan fingerprint density at radius 2 is 1.91 bits per heavy atom. The van der Waals surface area contributed by atoms with Crippen LogP contribution in [-0.2, 0) is 6.42 Å². The summed E-state index contributed by atoms with van der Waals surface area (Å²) in [5, 5.41) is 9.45. The largest absolute Gasteiger partial charge is 0.369 e. The van der Waals surface area contributed by atoms with E-state index in [1.165, 1.54) is 27.7 Å². The van der Waals surface area contributed by atoms with Gasteiger partial charge in [0.25, 0.3) is 0 Å². The molecule has 4 rings (SSSR count). The third kappa shape index (κ3) is 2.87. The minimum Gasteiger partial charge on any atom is -0.369 e. The first-order valence-corrected chi connectivity index (χ1v) is 8.66. The summed E-state index contributed by atoms with van der Waals surface area (Å²) >= 11 is 7.77. The van der Waals surface area contributed by atoms with Crippen LogP contribution >= 0.6 is 22.9 Å². The lowest BCUT2D eigenvalue weighted by atomic mass is 10.1. The summed E-state index contributed by atoms with van der Waals surface area (Å²) in [6, 6.07) is 15.0. The predicted octanol–water partition coefficient (Wildman–Crippen LogP) is 5.15. The van der Waals surface area contributed by atoms with Gasteiger partial charge in [0.1, 0.15) is 17.0 Å². The number of hydrogen-bond acceptors (Lipinski definition) is 4. The molecule has 0 unspecified atom stereocenters. The van der Waals surface area contributed by atoms with Gasteiger partial charge in [-0.05, 0) is 22.8 Å². The molecule has 2 heterocycles. The number of nitrogens with one attached hydrogen (secondary N) is 1. The van der Waals surface area contributed by atoms with Gasteiger partial charge in [-0.3, -0.25) is 0 Å². The number of halogens is 1. The van der Waals surface area contributed by atoms with Gasteiger partial charge in [0.15, 0.2) is 0 Å². The van der Waals surface area contributed by atoms with Crippen LogP contribution in [0.1, 0.15) is 5.56 Å². The number of anilines is 1. The summed E-state index contributed by atoms with van der Waals surface area (Å²) < 4.78 is 0. The van der Waals surface area contributed by atoms with Gasteiger partial charge in [0.2, 0.25) is 0 Å². The highest BCUT2D eigenvalue weighted by atomic mass is 35.5. The zero-order chi connectivity index (χ0) is 15.6. The van der Waals surface area contributed by atoms with E-state index in [0.29, 0.717) is 5.02 Å². The molecule has 0 aliphatic heterocycles. The number of nitrogens with zero attached hydrogens (tertiary/aromatic N) is 2. The topological polar surface area (TPSA) is 37.8 Å². The average Bonchev–Trinajstić information content (AvgIpc) is 2.97. The Hall–Kier alpha value is -2.17. The highest BCUT2D eigenvalue weighted by Gasteiger charge is 2.09. The molecule has 4 aromatic rings. The summed E-state index contributed by atoms with van der Waals surface area (Å²) in [5.74, 6) is 0.807. The standard InChI is InChI=1S/C18H14ClN3S/c19-15-10-23-18-16(15)17(21-11-22-18)20-8-7-12-5-6-13-3-1-2-4-14(13)9-12/h1-6,9-11H,7-8H2,(H,20,21,22). The van der Waals surface area contributed by atoms with Crippen molar-refractivity contribution in [2.24, 2.45) is 0 Å². The molecule has 0 amide bonds. The van der Waals surface area contributed by atoms with Crippen LogP contribution in [0.25, 0.3) is 21.0 Å². The average molecular weight is 340 g/mol. The molecule has 3 nitrogen and oxygen atoms in total. The monoisotopic (exact) mass is 339 g/mol. The Morgan fingerprint density at radius 3 is 2.83 bits per heavy atom. The maximum absolute atomic E-state index is 6.23. The normalized spacial score (nSPS) is 11.2. The van der Waals surface area contributed by atoms with Gasteiger partial charge in [0.05, 0.1) is 10.4 Å². The molecule has 0 saturated carbocycles. The highest BCUT2D eigenvalue weighted by molar-refractivity contribution is 7.17. The van der Waals surface area contributed by atoms with Crippen LogP contribution in [0.4, 0.5) is 5.82 Å². The molecule has 2 aromatic carbocycles. The molecule has 0 saturated heterocycles. The van der Waals surface area contributed by atoms with Crippen molar-refractivity contribution < 1.29 is 0 Å². The number of fused-ring (bicyclic) bond motifs is 2. The van der Waals surface area contributed by atoms with E-state index in [-0.39, 0.29) is 0 Å². The second-order valence-corrected chi connectivity index (χ2v) is 6.61. The fourth-order valence-corrected chi connectivity index (χ4v) is 3.83.